The summed E-state index contributed by atoms with van der Waals surface area (Å²) in [7, 11) is 0. The molecule has 2 aliphatic carbocycles. The highest BCUT2D eigenvalue weighted by Crippen LogP contribution is 2.38. The molecule has 2 aliphatic rings. The van der Waals surface area contributed by atoms with Crippen LogP contribution >= 0.6 is 0 Å². The van der Waals surface area contributed by atoms with Crippen molar-refractivity contribution in [3.05, 3.63) is 0 Å². The van der Waals surface area contributed by atoms with E-state index >= 15 is 0 Å². The fourth-order valence-electron chi connectivity index (χ4n) is 1.97. The molecule has 3 heteroatoms. The molecule has 0 spiro atoms. The molecule has 0 radical (unpaired) electrons. The zero-order chi connectivity index (χ0) is 7.30. The quantitative estimate of drug-likeness (QED) is 0.460. The van der Waals surface area contributed by atoms with E-state index in [2.05, 4.69) is 0 Å². The Morgan fingerprint density at radius 1 is 1.20 bits per heavy atom. The summed E-state index contributed by atoms with van der Waals surface area (Å²) >= 11 is 0. The van der Waals surface area contributed by atoms with Crippen molar-refractivity contribution in [1.29, 1.82) is 0 Å². The van der Waals surface area contributed by atoms with Gasteiger partial charge in [0.25, 0.3) is 0 Å². The summed E-state index contributed by atoms with van der Waals surface area (Å²) in [5.41, 5.74) is 5.60. The molecular weight excluding hydrogens is 130 g/mol. The summed E-state index contributed by atoms with van der Waals surface area (Å²) in [4.78, 5) is 21.9. The first-order chi connectivity index (χ1) is 4.70. The Kier molecular flexibility index (Phi) is 1.01. The minimum atomic E-state index is -0.219. The third-order valence-electron chi connectivity index (χ3n) is 2.56. The third-order valence-corrected chi connectivity index (χ3v) is 2.56. The van der Waals surface area contributed by atoms with Gasteiger partial charge in [-0.25, -0.2) is 0 Å². The molecule has 0 aromatic carbocycles. The largest absolute Gasteiger partial charge is 0.327 e. The van der Waals surface area contributed by atoms with Crippen LogP contribution in [-0.4, -0.2) is 17.6 Å². The molecule has 0 aliphatic heterocycles. The summed E-state index contributed by atoms with van der Waals surface area (Å²) in [5.74, 6) is -0.541. The lowest BCUT2D eigenvalue weighted by Crippen LogP contribution is -2.37. The van der Waals surface area contributed by atoms with Gasteiger partial charge in [-0.2, -0.15) is 0 Å². The average molecular weight is 139 g/mol. The van der Waals surface area contributed by atoms with Gasteiger partial charge in [0.05, 0.1) is 0 Å². The monoisotopic (exact) mass is 139 g/mol. The standard InChI is InChI=1S/C7H9NO2/c8-5-2-3-1-4(5)7(10)6(3)9/h3-5H,1-2,8H2. The molecule has 0 aromatic heterocycles. The van der Waals surface area contributed by atoms with Gasteiger partial charge in [-0.05, 0) is 12.8 Å². The Labute approximate surface area is 58.6 Å². The van der Waals surface area contributed by atoms with Crippen LogP contribution in [0.5, 0.6) is 0 Å². The number of hydrogen-bond acceptors (Lipinski definition) is 3. The van der Waals surface area contributed by atoms with Crippen LogP contribution in [0.2, 0.25) is 0 Å². The molecule has 3 unspecified atom stereocenters. The minimum absolute atomic E-state index is 0.0208. The van der Waals surface area contributed by atoms with Crippen molar-refractivity contribution >= 4 is 11.6 Å². The van der Waals surface area contributed by atoms with Crippen molar-refractivity contribution in [1.82, 2.24) is 0 Å². The van der Waals surface area contributed by atoms with E-state index in [0.29, 0.717) is 0 Å². The number of fused-ring (bicyclic) bond motifs is 2. The molecule has 3 nitrogen and oxygen atoms in total. The van der Waals surface area contributed by atoms with Crippen LogP contribution < -0.4 is 5.73 Å². The first-order valence-electron chi connectivity index (χ1n) is 3.54. The predicted octanol–water partition coefficient (Wildman–Crippen LogP) is -0.508. The predicted molar refractivity (Wildman–Crippen MR) is 34.2 cm³/mol. The van der Waals surface area contributed by atoms with Gasteiger partial charge in [-0.3, -0.25) is 9.59 Å². The van der Waals surface area contributed by atoms with Crippen LogP contribution in [0.15, 0.2) is 0 Å². The van der Waals surface area contributed by atoms with Gasteiger partial charge < -0.3 is 5.73 Å². The first-order valence-corrected chi connectivity index (χ1v) is 3.54. The molecule has 10 heavy (non-hydrogen) atoms. The topological polar surface area (TPSA) is 60.2 Å². The second-order valence-electron chi connectivity index (χ2n) is 3.17. The first kappa shape index (κ1) is 6.04. The number of hydrogen-bond donors (Lipinski definition) is 1. The zero-order valence-corrected chi connectivity index (χ0v) is 5.54. The number of nitrogens with two attached hydrogens (primary N) is 1. The van der Waals surface area contributed by atoms with Crippen LogP contribution in [0.1, 0.15) is 12.8 Å². The van der Waals surface area contributed by atoms with E-state index in [1.54, 1.807) is 0 Å². The summed E-state index contributed by atoms with van der Waals surface area (Å²) < 4.78 is 0. The van der Waals surface area contributed by atoms with Crippen LogP contribution in [0.25, 0.3) is 0 Å². The highest BCUT2D eigenvalue weighted by molar-refractivity contribution is 6.41. The molecule has 2 rings (SSSR count). The molecule has 2 saturated carbocycles. The molecule has 0 heterocycles. The fourth-order valence-corrected chi connectivity index (χ4v) is 1.97. The second kappa shape index (κ2) is 1.66. The van der Waals surface area contributed by atoms with Gasteiger partial charge in [0.2, 0.25) is 11.6 Å². The van der Waals surface area contributed by atoms with Crippen molar-refractivity contribution in [3.8, 4) is 0 Å². The highest BCUT2D eigenvalue weighted by atomic mass is 16.2. The van der Waals surface area contributed by atoms with Crippen LogP contribution in [-0.2, 0) is 9.59 Å². The maximum absolute atomic E-state index is 10.9. The molecular formula is C7H9NO2. The minimum Gasteiger partial charge on any atom is -0.327 e. The van der Waals surface area contributed by atoms with Crippen LogP contribution in [0, 0.1) is 11.8 Å². The van der Waals surface area contributed by atoms with E-state index in [1.165, 1.54) is 0 Å². The summed E-state index contributed by atoms with van der Waals surface area (Å²) in [6.45, 7) is 0. The Hall–Kier alpha value is -0.700. The van der Waals surface area contributed by atoms with Gasteiger partial charge >= 0.3 is 0 Å². The molecule has 0 amide bonds. The summed E-state index contributed by atoms with van der Waals surface area (Å²) in [6, 6.07) is -0.0322. The van der Waals surface area contributed by atoms with Crippen molar-refractivity contribution in [2.24, 2.45) is 17.6 Å². The number of ketones is 2. The lowest BCUT2D eigenvalue weighted by molar-refractivity contribution is -0.138. The van der Waals surface area contributed by atoms with Crippen molar-refractivity contribution in [2.45, 2.75) is 18.9 Å². The number of Topliss-reactive ketones (excluding diaryl/α,β-unsaturated/α-hetero) is 2. The Morgan fingerprint density at radius 2 is 1.90 bits per heavy atom. The van der Waals surface area contributed by atoms with E-state index in [-0.39, 0.29) is 29.4 Å². The average Bonchev–Trinajstić information content (AvgIpc) is 2.36. The SMILES string of the molecule is NC1CC2CC1C(=O)C2=O. The van der Waals surface area contributed by atoms with Gasteiger partial charge in [0.15, 0.2) is 0 Å². The number of carbonyl (C=O) groups excluding carboxylic acids is 2. The van der Waals surface area contributed by atoms with E-state index in [9.17, 15) is 9.59 Å². The fraction of sp³-hybridized carbons (Fsp3) is 0.714. The molecule has 0 aromatic rings. The van der Waals surface area contributed by atoms with Gasteiger partial charge in [0, 0.05) is 17.9 Å². The van der Waals surface area contributed by atoms with E-state index in [4.69, 9.17) is 5.73 Å². The number of carbonyl (C=O) groups is 2. The van der Waals surface area contributed by atoms with E-state index in [0.717, 1.165) is 12.8 Å². The molecule has 2 fully saturated rings. The highest BCUT2D eigenvalue weighted by Gasteiger charge is 2.50. The molecule has 0 saturated heterocycles. The maximum atomic E-state index is 10.9. The smallest absolute Gasteiger partial charge is 0.203 e. The maximum Gasteiger partial charge on any atom is 0.203 e. The van der Waals surface area contributed by atoms with Crippen molar-refractivity contribution < 1.29 is 9.59 Å². The lowest BCUT2D eigenvalue weighted by Gasteiger charge is -2.13. The van der Waals surface area contributed by atoms with Gasteiger partial charge in [0.1, 0.15) is 0 Å². The Balaban J connectivity index is 2.32. The Morgan fingerprint density at radius 3 is 2.30 bits per heavy atom. The second-order valence-corrected chi connectivity index (χ2v) is 3.17. The Bertz CT molecular complexity index is 212. The van der Waals surface area contributed by atoms with Gasteiger partial charge in [-0.1, -0.05) is 0 Å². The van der Waals surface area contributed by atoms with E-state index < -0.39 is 0 Å². The van der Waals surface area contributed by atoms with Crippen LogP contribution in [0.4, 0.5) is 0 Å². The zero-order valence-electron chi connectivity index (χ0n) is 5.54. The normalized spacial score (nSPS) is 45.1. The third kappa shape index (κ3) is 0.534. The summed E-state index contributed by atoms with van der Waals surface area (Å²) in [5, 5.41) is 0. The number of rotatable bonds is 0. The van der Waals surface area contributed by atoms with Gasteiger partial charge in [-0.15, -0.1) is 0 Å². The lowest BCUT2D eigenvalue weighted by atomic mass is 9.94. The van der Waals surface area contributed by atoms with Crippen molar-refractivity contribution in [2.75, 3.05) is 0 Å². The molecule has 3 atom stereocenters. The molecule has 54 valence electrons. The van der Waals surface area contributed by atoms with Crippen LogP contribution in [0.3, 0.4) is 0 Å². The molecule has 2 bridgehead atoms. The summed E-state index contributed by atoms with van der Waals surface area (Å²) in [6.07, 6.45) is 1.45. The van der Waals surface area contributed by atoms with Crippen molar-refractivity contribution in [3.63, 3.8) is 0 Å². The van der Waals surface area contributed by atoms with E-state index in [1.807, 2.05) is 0 Å². The molecule has 2 N–H and O–H groups in total.